The molecule has 2 aromatic rings. The van der Waals surface area contributed by atoms with E-state index in [0.29, 0.717) is 28.5 Å². The minimum absolute atomic E-state index is 0.0513. The van der Waals surface area contributed by atoms with Crippen molar-refractivity contribution in [2.45, 2.75) is 25.0 Å². The standard InChI is InChI=1S/C18H17ClO6S/c1-11-3-4-15(26(2,21)22)7-16(11)18(20)24-9-13-6-14(19)5-12-8-23-10-25-17(12)13/h3-7H,8-10H2,1-2H3. The molecule has 2 aromatic carbocycles. The predicted octanol–water partition coefficient (Wildman–Crippen LogP) is 3.28. The van der Waals surface area contributed by atoms with Crippen molar-refractivity contribution < 1.29 is 27.4 Å². The molecule has 3 rings (SSSR count). The van der Waals surface area contributed by atoms with E-state index in [-0.39, 0.29) is 23.9 Å². The van der Waals surface area contributed by atoms with Crippen LogP contribution in [0.3, 0.4) is 0 Å². The smallest absolute Gasteiger partial charge is 0.338 e. The third kappa shape index (κ3) is 4.00. The van der Waals surface area contributed by atoms with Gasteiger partial charge in [-0.15, -0.1) is 0 Å². The van der Waals surface area contributed by atoms with Gasteiger partial charge in [0.15, 0.2) is 16.6 Å². The van der Waals surface area contributed by atoms with Gasteiger partial charge in [-0.1, -0.05) is 17.7 Å². The van der Waals surface area contributed by atoms with E-state index in [4.69, 9.17) is 25.8 Å². The first-order valence-corrected chi connectivity index (χ1v) is 10.0. The number of carbonyl (C=O) groups is 1. The fourth-order valence-corrected chi connectivity index (χ4v) is 3.55. The number of sulfone groups is 1. The van der Waals surface area contributed by atoms with Gasteiger partial charge in [0.1, 0.15) is 12.4 Å². The van der Waals surface area contributed by atoms with Gasteiger partial charge in [-0.3, -0.25) is 0 Å². The lowest BCUT2D eigenvalue weighted by Crippen LogP contribution is -2.15. The summed E-state index contributed by atoms with van der Waals surface area (Å²) < 4.78 is 39.5. The van der Waals surface area contributed by atoms with Crippen LogP contribution in [0.4, 0.5) is 0 Å². The minimum atomic E-state index is -3.42. The SMILES string of the molecule is Cc1ccc(S(C)(=O)=O)cc1C(=O)OCc1cc(Cl)cc2c1OCOC2. The van der Waals surface area contributed by atoms with E-state index in [1.54, 1.807) is 25.1 Å². The van der Waals surface area contributed by atoms with Crippen molar-refractivity contribution in [1.29, 1.82) is 0 Å². The zero-order valence-electron chi connectivity index (χ0n) is 14.2. The van der Waals surface area contributed by atoms with Gasteiger partial charge in [0.05, 0.1) is 17.1 Å². The molecule has 138 valence electrons. The van der Waals surface area contributed by atoms with E-state index in [0.717, 1.165) is 11.8 Å². The van der Waals surface area contributed by atoms with E-state index < -0.39 is 15.8 Å². The highest BCUT2D eigenvalue weighted by Gasteiger charge is 2.19. The number of fused-ring (bicyclic) bond motifs is 1. The van der Waals surface area contributed by atoms with Crippen LogP contribution in [0.25, 0.3) is 0 Å². The van der Waals surface area contributed by atoms with Crippen molar-refractivity contribution in [2.24, 2.45) is 0 Å². The fraction of sp³-hybridized carbons (Fsp3) is 0.278. The summed E-state index contributed by atoms with van der Waals surface area (Å²) in [4.78, 5) is 12.5. The van der Waals surface area contributed by atoms with E-state index in [2.05, 4.69) is 0 Å². The van der Waals surface area contributed by atoms with Crippen LogP contribution in [0.5, 0.6) is 5.75 Å². The second kappa shape index (κ2) is 7.26. The summed E-state index contributed by atoms with van der Waals surface area (Å²) in [6, 6.07) is 7.77. The Balaban J connectivity index is 1.83. The maximum Gasteiger partial charge on any atom is 0.338 e. The number of ether oxygens (including phenoxy) is 3. The van der Waals surface area contributed by atoms with E-state index in [1.807, 2.05) is 0 Å². The lowest BCUT2D eigenvalue weighted by atomic mass is 10.1. The van der Waals surface area contributed by atoms with Crippen LogP contribution >= 0.6 is 11.6 Å². The molecule has 0 N–H and O–H groups in total. The summed E-state index contributed by atoms with van der Waals surface area (Å²) in [6.07, 6.45) is 1.09. The lowest BCUT2D eigenvalue weighted by molar-refractivity contribution is -0.0180. The van der Waals surface area contributed by atoms with E-state index >= 15 is 0 Å². The summed E-state index contributed by atoms with van der Waals surface area (Å²) >= 11 is 6.09. The Morgan fingerprint density at radius 1 is 1.27 bits per heavy atom. The Labute approximate surface area is 156 Å². The van der Waals surface area contributed by atoms with Gasteiger partial charge in [0, 0.05) is 22.4 Å². The lowest BCUT2D eigenvalue weighted by Gasteiger charge is -2.21. The number of hydrogen-bond acceptors (Lipinski definition) is 6. The summed E-state index contributed by atoms with van der Waals surface area (Å²) in [5, 5.41) is 0.485. The molecular formula is C18H17ClO6S. The molecule has 0 amide bonds. The van der Waals surface area contributed by atoms with Gasteiger partial charge in [-0.2, -0.15) is 0 Å². The molecule has 1 aliphatic rings. The second-order valence-electron chi connectivity index (χ2n) is 5.99. The number of aryl methyl sites for hydroxylation is 1. The Bertz CT molecular complexity index is 968. The van der Waals surface area contributed by atoms with Gasteiger partial charge in [-0.25, -0.2) is 13.2 Å². The Kier molecular flexibility index (Phi) is 5.22. The normalized spacial score (nSPS) is 13.7. The molecule has 1 heterocycles. The molecule has 0 fully saturated rings. The van der Waals surface area contributed by atoms with Crippen molar-refractivity contribution in [3.8, 4) is 5.75 Å². The predicted molar refractivity (Wildman–Crippen MR) is 95.1 cm³/mol. The fourth-order valence-electron chi connectivity index (χ4n) is 2.64. The Hall–Kier alpha value is -2.09. The van der Waals surface area contributed by atoms with Crippen LogP contribution in [0.2, 0.25) is 5.02 Å². The van der Waals surface area contributed by atoms with Crippen molar-refractivity contribution in [2.75, 3.05) is 13.0 Å². The average Bonchev–Trinajstić information content (AvgIpc) is 2.58. The molecule has 0 saturated carbocycles. The zero-order chi connectivity index (χ0) is 18.9. The Morgan fingerprint density at radius 2 is 2.04 bits per heavy atom. The maximum absolute atomic E-state index is 12.5. The van der Waals surface area contributed by atoms with Crippen molar-refractivity contribution in [3.05, 3.63) is 57.6 Å². The van der Waals surface area contributed by atoms with Gasteiger partial charge in [0.25, 0.3) is 0 Å². The minimum Gasteiger partial charge on any atom is -0.467 e. The van der Waals surface area contributed by atoms with E-state index in [9.17, 15) is 13.2 Å². The summed E-state index contributed by atoms with van der Waals surface area (Å²) in [7, 11) is -3.42. The molecule has 0 aromatic heterocycles. The number of hydrogen-bond donors (Lipinski definition) is 0. The molecule has 8 heteroatoms. The quantitative estimate of drug-likeness (QED) is 0.738. The van der Waals surface area contributed by atoms with Crippen LogP contribution in [0.15, 0.2) is 35.2 Å². The number of rotatable bonds is 4. The van der Waals surface area contributed by atoms with Crippen LogP contribution in [-0.2, 0) is 32.5 Å². The van der Waals surface area contributed by atoms with Crippen LogP contribution < -0.4 is 4.74 Å². The highest BCUT2D eigenvalue weighted by Crippen LogP contribution is 2.32. The first kappa shape index (κ1) is 18.7. The van der Waals surface area contributed by atoms with Crippen molar-refractivity contribution in [3.63, 3.8) is 0 Å². The topological polar surface area (TPSA) is 78.9 Å². The van der Waals surface area contributed by atoms with E-state index in [1.165, 1.54) is 12.1 Å². The van der Waals surface area contributed by atoms with Crippen molar-refractivity contribution in [1.82, 2.24) is 0 Å². The second-order valence-corrected chi connectivity index (χ2v) is 8.44. The third-order valence-electron chi connectivity index (χ3n) is 3.97. The van der Waals surface area contributed by atoms with Crippen LogP contribution in [0, 0.1) is 6.92 Å². The third-order valence-corrected chi connectivity index (χ3v) is 5.30. The van der Waals surface area contributed by atoms with Crippen LogP contribution in [0.1, 0.15) is 27.0 Å². The average molecular weight is 397 g/mol. The molecule has 0 bridgehead atoms. The highest BCUT2D eigenvalue weighted by atomic mass is 35.5. The van der Waals surface area contributed by atoms with Crippen molar-refractivity contribution >= 4 is 27.4 Å². The van der Waals surface area contributed by atoms with Gasteiger partial charge >= 0.3 is 5.97 Å². The van der Waals surface area contributed by atoms with Gasteiger partial charge in [-0.05, 0) is 36.8 Å². The zero-order valence-corrected chi connectivity index (χ0v) is 15.8. The highest BCUT2D eigenvalue weighted by molar-refractivity contribution is 7.90. The number of halogens is 1. The van der Waals surface area contributed by atoms with Gasteiger partial charge in [0.2, 0.25) is 0 Å². The maximum atomic E-state index is 12.5. The molecule has 0 radical (unpaired) electrons. The molecule has 6 nitrogen and oxygen atoms in total. The molecule has 0 saturated heterocycles. The molecule has 0 spiro atoms. The summed E-state index contributed by atoms with van der Waals surface area (Å²) in [5.74, 6) is -0.0242. The first-order valence-electron chi connectivity index (χ1n) is 7.75. The number of carbonyl (C=O) groups excluding carboxylic acids is 1. The summed E-state index contributed by atoms with van der Waals surface area (Å²) in [5.41, 5.74) is 2.24. The van der Waals surface area contributed by atoms with Crippen LogP contribution in [-0.4, -0.2) is 27.4 Å². The number of benzene rings is 2. The molecular weight excluding hydrogens is 380 g/mol. The van der Waals surface area contributed by atoms with Gasteiger partial charge < -0.3 is 14.2 Å². The first-order chi connectivity index (χ1) is 12.3. The Morgan fingerprint density at radius 3 is 2.77 bits per heavy atom. The molecule has 1 aliphatic heterocycles. The molecule has 0 atom stereocenters. The molecule has 26 heavy (non-hydrogen) atoms. The summed E-state index contributed by atoms with van der Waals surface area (Å²) in [6.45, 7) is 2.14. The number of esters is 1. The molecule has 0 aliphatic carbocycles. The largest absolute Gasteiger partial charge is 0.467 e. The monoisotopic (exact) mass is 396 g/mol. The molecule has 0 unspecified atom stereocenters.